The third-order valence-electron chi connectivity index (χ3n) is 8.70. The first-order valence-electron chi connectivity index (χ1n) is 13.4. The summed E-state index contributed by atoms with van der Waals surface area (Å²) < 4.78 is 56.3. The van der Waals surface area contributed by atoms with Gasteiger partial charge in [-0.2, -0.15) is 13.2 Å². The summed E-state index contributed by atoms with van der Waals surface area (Å²) in [6.07, 6.45) is -1.18. The summed E-state index contributed by atoms with van der Waals surface area (Å²) in [5.41, 5.74) is -1.30. The fourth-order valence-electron chi connectivity index (χ4n) is 6.32. The Kier molecular flexibility index (Phi) is 7.68. The molecule has 3 fully saturated rings. The van der Waals surface area contributed by atoms with Gasteiger partial charge in [0.05, 0.1) is 11.5 Å². The Bertz CT molecular complexity index is 1010. The molecule has 0 unspecified atom stereocenters. The first-order valence-corrected chi connectivity index (χ1v) is 13.4. The minimum atomic E-state index is -4.46. The number of aliphatic carboxylic acids is 1. The number of hydrogen-bond acceptors (Lipinski definition) is 3. The molecule has 5 nitrogen and oxygen atoms in total. The molecule has 206 valence electrons. The monoisotopic (exact) mass is 526 g/mol. The van der Waals surface area contributed by atoms with E-state index in [1.54, 1.807) is 11.0 Å². The Morgan fingerprint density at radius 1 is 0.919 bits per heavy atom. The molecule has 1 atom stereocenters. The predicted molar refractivity (Wildman–Crippen MR) is 132 cm³/mol. The third kappa shape index (κ3) is 5.96. The van der Waals surface area contributed by atoms with Crippen LogP contribution in [0.2, 0.25) is 0 Å². The zero-order valence-electron chi connectivity index (χ0n) is 21.9. The molecule has 0 spiro atoms. The second kappa shape index (κ2) is 10.2. The third-order valence-corrected chi connectivity index (χ3v) is 8.70. The lowest BCUT2D eigenvalue weighted by Crippen LogP contribution is -2.51. The Labute approximate surface area is 216 Å². The van der Waals surface area contributed by atoms with E-state index in [4.69, 9.17) is 0 Å². The van der Waals surface area contributed by atoms with Gasteiger partial charge in [0.1, 0.15) is 0 Å². The molecule has 2 heterocycles. The van der Waals surface area contributed by atoms with Crippen LogP contribution in [-0.2, 0) is 15.8 Å². The molecule has 1 amide bonds. The normalized spacial score (nSPS) is 28.5. The van der Waals surface area contributed by atoms with Crippen molar-refractivity contribution in [2.75, 3.05) is 26.2 Å². The number of amides is 1. The number of carbonyl (C=O) groups is 2. The maximum absolute atomic E-state index is 15.7. The van der Waals surface area contributed by atoms with E-state index in [2.05, 4.69) is 0 Å². The van der Waals surface area contributed by atoms with Gasteiger partial charge in [0.25, 0.3) is 5.91 Å². The Morgan fingerprint density at radius 2 is 1.51 bits per heavy atom. The Hall–Kier alpha value is -2.16. The topological polar surface area (TPSA) is 60.9 Å². The highest BCUT2D eigenvalue weighted by Crippen LogP contribution is 2.44. The zero-order chi connectivity index (χ0) is 27.2. The standard InChI is InChI=1S/C28H38F4N2O3/c1-26(2,3)34-15-12-27(29,17-34)25(37)33-13-10-19(11-14-33)22-9-8-21(28(30,31)32)16-23(22)18-4-6-20(7-5-18)24(35)36/h8-9,16,18-20H,4-7,10-15,17H2,1-3H3,(H,35,36)/t18-,20-,27-/m1/s1. The minimum Gasteiger partial charge on any atom is -0.481 e. The fourth-order valence-corrected chi connectivity index (χ4v) is 6.32. The zero-order valence-corrected chi connectivity index (χ0v) is 21.9. The molecule has 1 aromatic rings. The minimum absolute atomic E-state index is 0.0243. The summed E-state index contributed by atoms with van der Waals surface area (Å²) in [7, 11) is 0. The van der Waals surface area contributed by atoms with Crippen LogP contribution in [0, 0.1) is 5.92 Å². The molecular weight excluding hydrogens is 488 g/mol. The van der Waals surface area contributed by atoms with Gasteiger partial charge in [-0.3, -0.25) is 14.5 Å². The first kappa shape index (κ1) is 27.9. The SMILES string of the molecule is CC(C)(C)N1CC[C@](F)(C(=O)N2CCC(c3ccc(C(F)(F)F)cc3[C@H]3CC[C@H](C(=O)O)CC3)CC2)C1. The fraction of sp³-hybridized carbons (Fsp3) is 0.714. The Balaban J connectivity index is 1.48. The van der Waals surface area contributed by atoms with Crippen LogP contribution < -0.4 is 0 Å². The van der Waals surface area contributed by atoms with Gasteiger partial charge < -0.3 is 10.0 Å². The number of carbonyl (C=O) groups excluding carboxylic acids is 1. The van der Waals surface area contributed by atoms with Gasteiger partial charge in [0.2, 0.25) is 5.67 Å². The summed E-state index contributed by atoms with van der Waals surface area (Å²) in [5.74, 6) is -1.92. The molecule has 9 heteroatoms. The largest absolute Gasteiger partial charge is 0.481 e. The molecule has 1 saturated carbocycles. The number of hydrogen-bond donors (Lipinski definition) is 1. The van der Waals surface area contributed by atoms with Gasteiger partial charge in [-0.1, -0.05) is 6.07 Å². The van der Waals surface area contributed by atoms with E-state index >= 15 is 4.39 Å². The number of halogens is 4. The maximum atomic E-state index is 15.7. The van der Waals surface area contributed by atoms with Gasteiger partial charge in [0.15, 0.2) is 0 Å². The summed E-state index contributed by atoms with van der Waals surface area (Å²) in [6, 6.07) is 3.93. The molecule has 4 rings (SSSR count). The highest BCUT2D eigenvalue weighted by molar-refractivity contribution is 5.86. The van der Waals surface area contributed by atoms with Gasteiger partial charge >= 0.3 is 12.1 Å². The van der Waals surface area contributed by atoms with E-state index in [0.29, 0.717) is 63.7 Å². The second-order valence-electron chi connectivity index (χ2n) is 12.1. The van der Waals surface area contributed by atoms with Gasteiger partial charge in [-0.05, 0) is 94.4 Å². The van der Waals surface area contributed by atoms with Gasteiger partial charge in [-0.25, -0.2) is 4.39 Å². The summed E-state index contributed by atoms with van der Waals surface area (Å²) in [5, 5.41) is 9.31. The van der Waals surface area contributed by atoms with Crippen molar-refractivity contribution < 1.29 is 32.3 Å². The maximum Gasteiger partial charge on any atom is 0.416 e. The lowest BCUT2D eigenvalue weighted by molar-refractivity contribution is -0.145. The summed E-state index contributed by atoms with van der Waals surface area (Å²) in [4.78, 5) is 28.1. The number of carboxylic acid groups (broad SMARTS) is 1. The van der Waals surface area contributed by atoms with Crippen LogP contribution in [-0.4, -0.2) is 64.2 Å². The van der Waals surface area contributed by atoms with Crippen LogP contribution in [0.25, 0.3) is 0 Å². The van der Waals surface area contributed by atoms with Gasteiger partial charge in [-0.15, -0.1) is 0 Å². The van der Waals surface area contributed by atoms with Gasteiger partial charge in [0, 0.05) is 38.1 Å². The lowest BCUT2D eigenvalue weighted by Gasteiger charge is -2.38. The van der Waals surface area contributed by atoms with E-state index in [1.807, 2.05) is 25.7 Å². The number of carboxylic acids is 1. The van der Waals surface area contributed by atoms with E-state index < -0.39 is 35.2 Å². The Morgan fingerprint density at radius 3 is 2.03 bits per heavy atom. The van der Waals surface area contributed by atoms with E-state index in [9.17, 15) is 27.9 Å². The van der Waals surface area contributed by atoms with Crippen molar-refractivity contribution >= 4 is 11.9 Å². The number of piperidine rings is 1. The van der Waals surface area contributed by atoms with Crippen LogP contribution >= 0.6 is 0 Å². The smallest absolute Gasteiger partial charge is 0.416 e. The van der Waals surface area contributed by atoms with Crippen LogP contribution in [0.15, 0.2) is 18.2 Å². The van der Waals surface area contributed by atoms with Crippen molar-refractivity contribution in [2.24, 2.45) is 5.92 Å². The molecule has 2 aliphatic heterocycles. The average Bonchev–Trinajstić information content (AvgIpc) is 3.27. The molecule has 1 aromatic carbocycles. The number of likely N-dealkylation sites (tertiary alicyclic amines) is 2. The number of alkyl halides is 4. The van der Waals surface area contributed by atoms with Crippen molar-refractivity contribution in [3.8, 4) is 0 Å². The number of nitrogens with zero attached hydrogens (tertiary/aromatic N) is 2. The van der Waals surface area contributed by atoms with E-state index in [-0.39, 0.29) is 30.3 Å². The van der Waals surface area contributed by atoms with Crippen LogP contribution in [0.4, 0.5) is 17.6 Å². The predicted octanol–water partition coefficient (Wildman–Crippen LogP) is 5.98. The lowest BCUT2D eigenvalue weighted by atomic mass is 9.74. The average molecular weight is 527 g/mol. The van der Waals surface area contributed by atoms with Crippen molar-refractivity contribution in [1.29, 1.82) is 0 Å². The van der Waals surface area contributed by atoms with E-state index in [1.165, 1.54) is 6.07 Å². The van der Waals surface area contributed by atoms with Crippen molar-refractivity contribution in [3.05, 3.63) is 34.9 Å². The van der Waals surface area contributed by atoms with Crippen molar-refractivity contribution in [3.63, 3.8) is 0 Å². The molecule has 2 saturated heterocycles. The van der Waals surface area contributed by atoms with E-state index in [0.717, 1.165) is 11.6 Å². The molecule has 0 bridgehead atoms. The van der Waals surface area contributed by atoms with Crippen LogP contribution in [0.1, 0.15) is 94.2 Å². The molecule has 3 aliphatic rings. The summed E-state index contributed by atoms with van der Waals surface area (Å²) in [6.45, 7) is 7.37. The quantitative estimate of drug-likeness (QED) is 0.490. The van der Waals surface area contributed by atoms with Crippen molar-refractivity contribution in [1.82, 2.24) is 9.80 Å². The highest BCUT2D eigenvalue weighted by Gasteiger charge is 2.49. The molecule has 1 aliphatic carbocycles. The summed E-state index contributed by atoms with van der Waals surface area (Å²) >= 11 is 0. The first-order chi connectivity index (χ1) is 17.2. The molecule has 1 N–H and O–H groups in total. The second-order valence-corrected chi connectivity index (χ2v) is 12.1. The molecule has 0 radical (unpaired) electrons. The molecule has 37 heavy (non-hydrogen) atoms. The van der Waals surface area contributed by atoms with Crippen LogP contribution in [0.5, 0.6) is 0 Å². The highest BCUT2D eigenvalue weighted by atomic mass is 19.4. The molecule has 0 aromatic heterocycles. The molecular formula is C28H38F4N2O3. The number of rotatable bonds is 4. The van der Waals surface area contributed by atoms with Crippen LogP contribution in [0.3, 0.4) is 0 Å². The number of benzene rings is 1. The van der Waals surface area contributed by atoms with Crippen molar-refractivity contribution in [2.45, 2.75) is 94.9 Å².